The minimum atomic E-state index is -0.576. The zero-order valence-corrected chi connectivity index (χ0v) is 16.7. The maximum Gasteiger partial charge on any atom is 0.272 e. The minimum Gasteiger partial charge on any atom is -0.267 e. The summed E-state index contributed by atoms with van der Waals surface area (Å²) in [5, 5.41) is 3.59. The third-order valence-corrected chi connectivity index (χ3v) is 4.24. The largest absolute Gasteiger partial charge is 0.272 e. The van der Waals surface area contributed by atoms with Crippen molar-refractivity contribution in [1.82, 2.24) is 10.0 Å². The first kappa shape index (κ1) is 20.0. The standard InChI is InChI=1S/C21H25ClN2O2/c1-6-23(19(25)16-9-7-15(2)8-10-16)24(21(3,4)5)20(26)17-11-13-18(22)14-12-17/h7-14H,6H2,1-5H3. The summed E-state index contributed by atoms with van der Waals surface area (Å²) in [4.78, 5) is 26.3. The van der Waals surface area contributed by atoms with Gasteiger partial charge in [0.1, 0.15) is 0 Å². The summed E-state index contributed by atoms with van der Waals surface area (Å²) in [5.74, 6) is -0.443. The zero-order chi connectivity index (χ0) is 19.5. The van der Waals surface area contributed by atoms with Crippen LogP contribution in [0.2, 0.25) is 5.02 Å². The number of carbonyl (C=O) groups excluding carboxylic acids is 2. The van der Waals surface area contributed by atoms with E-state index in [1.807, 2.05) is 46.8 Å². The van der Waals surface area contributed by atoms with Gasteiger partial charge in [-0.2, -0.15) is 0 Å². The Kier molecular flexibility index (Phi) is 6.09. The lowest BCUT2D eigenvalue weighted by molar-refractivity contribution is -0.0410. The number of amides is 2. The monoisotopic (exact) mass is 372 g/mol. The van der Waals surface area contributed by atoms with Gasteiger partial charge in [-0.15, -0.1) is 0 Å². The van der Waals surface area contributed by atoms with Crippen LogP contribution in [-0.4, -0.2) is 33.9 Å². The summed E-state index contributed by atoms with van der Waals surface area (Å²) in [5.41, 5.74) is 1.54. The number of nitrogens with zero attached hydrogens (tertiary/aromatic N) is 2. The third kappa shape index (κ3) is 4.44. The first-order chi connectivity index (χ1) is 12.1. The van der Waals surface area contributed by atoms with Crippen LogP contribution >= 0.6 is 11.6 Å². The van der Waals surface area contributed by atoms with E-state index in [0.29, 0.717) is 22.7 Å². The van der Waals surface area contributed by atoms with Crippen LogP contribution in [0.15, 0.2) is 48.5 Å². The van der Waals surface area contributed by atoms with Crippen molar-refractivity contribution in [1.29, 1.82) is 0 Å². The first-order valence-corrected chi connectivity index (χ1v) is 9.01. The Hall–Kier alpha value is -2.33. The molecule has 0 aliphatic carbocycles. The van der Waals surface area contributed by atoms with Gasteiger partial charge in [-0.05, 0) is 71.0 Å². The molecule has 0 atom stereocenters. The highest BCUT2D eigenvalue weighted by atomic mass is 35.5. The molecule has 2 aromatic carbocycles. The Bertz CT molecular complexity index is 777. The van der Waals surface area contributed by atoms with E-state index in [2.05, 4.69) is 0 Å². The fourth-order valence-corrected chi connectivity index (χ4v) is 2.84. The predicted octanol–water partition coefficient (Wildman–Crippen LogP) is 4.97. The van der Waals surface area contributed by atoms with Crippen LogP contribution in [0, 0.1) is 6.92 Å². The van der Waals surface area contributed by atoms with Gasteiger partial charge >= 0.3 is 0 Å². The van der Waals surface area contributed by atoms with Gasteiger partial charge in [0.25, 0.3) is 11.8 Å². The van der Waals surface area contributed by atoms with Crippen LogP contribution in [0.4, 0.5) is 0 Å². The van der Waals surface area contributed by atoms with Gasteiger partial charge in [0.15, 0.2) is 0 Å². The molecule has 0 aliphatic rings. The van der Waals surface area contributed by atoms with Crippen LogP contribution in [0.25, 0.3) is 0 Å². The first-order valence-electron chi connectivity index (χ1n) is 8.63. The number of hydrogen-bond donors (Lipinski definition) is 0. The lowest BCUT2D eigenvalue weighted by Gasteiger charge is -2.43. The summed E-state index contributed by atoms with van der Waals surface area (Å²) >= 11 is 5.93. The average molecular weight is 373 g/mol. The zero-order valence-electron chi connectivity index (χ0n) is 15.9. The normalized spacial score (nSPS) is 11.2. The Morgan fingerprint density at radius 1 is 0.885 bits per heavy atom. The van der Waals surface area contributed by atoms with Gasteiger partial charge < -0.3 is 0 Å². The highest BCUT2D eigenvalue weighted by Gasteiger charge is 2.35. The van der Waals surface area contributed by atoms with Crippen molar-refractivity contribution in [2.75, 3.05) is 6.54 Å². The number of hydrogen-bond acceptors (Lipinski definition) is 2. The molecule has 4 nitrogen and oxygen atoms in total. The molecule has 0 fully saturated rings. The van der Waals surface area contributed by atoms with E-state index in [0.717, 1.165) is 5.56 Å². The molecule has 0 spiro atoms. The van der Waals surface area contributed by atoms with Crippen molar-refractivity contribution in [3.63, 3.8) is 0 Å². The summed E-state index contributed by atoms with van der Waals surface area (Å²) in [6.45, 7) is 9.93. The Morgan fingerprint density at radius 2 is 1.35 bits per heavy atom. The van der Waals surface area contributed by atoms with Crippen molar-refractivity contribution in [2.45, 2.75) is 40.2 Å². The summed E-state index contributed by atoms with van der Waals surface area (Å²) < 4.78 is 0. The summed E-state index contributed by atoms with van der Waals surface area (Å²) in [6.07, 6.45) is 0. The molecule has 0 radical (unpaired) electrons. The second kappa shape index (κ2) is 7.92. The molecule has 2 amide bonds. The quantitative estimate of drug-likeness (QED) is 0.714. The van der Waals surface area contributed by atoms with E-state index < -0.39 is 5.54 Å². The van der Waals surface area contributed by atoms with Crippen molar-refractivity contribution in [3.8, 4) is 0 Å². The van der Waals surface area contributed by atoms with Crippen LogP contribution in [0.3, 0.4) is 0 Å². The molecule has 2 rings (SSSR count). The molecular weight excluding hydrogens is 348 g/mol. The summed E-state index contributed by atoms with van der Waals surface area (Å²) in [7, 11) is 0. The van der Waals surface area contributed by atoms with Crippen LogP contribution in [0.1, 0.15) is 54.0 Å². The highest BCUT2D eigenvalue weighted by molar-refractivity contribution is 6.30. The summed E-state index contributed by atoms with van der Waals surface area (Å²) in [6, 6.07) is 14.1. The van der Waals surface area contributed by atoms with Crippen molar-refractivity contribution < 1.29 is 9.59 Å². The van der Waals surface area contributed by atoms with Gasteiger partial charge in [0.2, 0.25) is 0 Å². The lowest BCUT2D eigenvalue weighted by atomic mass is 10.1. The van der Waals surface area contributed by atoms with E-state index in [4.69, 9.17) is 11.6 Å². The Labute approximate surface area is 160 Å². The Morgan fingerprint density at radius 3 is 1.81 bits per heavy atom. The second-order valence-electron chi connectivity index (χ2n) is 7.18. The molecule has 0 unspecified atom stereocenters. The maximum absolute atomic E-state index is 13.2. The molecule has 0 saturated carbocycles. The van der Waals surface area contributed by atoms with Gasteiger partial charge in [-0.25, -0.2) is 10.0 Å². The van der Waals surface area contributed by atoms with Gasteiger partial charge in [0.05, 0.1) is 5.54 Å². The SMILES string of the molecule is CCN(C(=O)c1ccc(C)cc1)N(C(=O)c1ccc(Cl)cc1)C(C)(C)C. The average Bonchev–Trinajstić information content (AvgIpc) is 2.58. The molecule has 0 heterocycles. The van der Waals surface area contributed by atoms with Crippen LogP contribution in [-0.2, 0) is 0 Å². The second-order valence-corrected chi connectivity index (χ2v) is 7.62. The van der Waals surface area contributed by atoms with Gasteiger partial charge in [0, 0.05) is 22.7 Å². The number of benzene rings is 2. The highest BCUT2D eigenvalue weighted by Crippen LogP contribution is 2.23. The number of aryl methyl sites for hydroxylation is 1. The van der Waals surface area contributed by atoms with E-state index in [1.54, 1.807) is 36.4 Å². The molecule has 0 N–H and O–H groups in total. The van der Waals surface area contributed by atoms with Gasteiger partial charge in [-0.1, -0.05) is 29.3 Å². The third-order valence-electron chi connectivity index (χ3n) is 3.99. The number of halogens is 1. The molecule has 0 saturated heterocycles. The number of rotatable bonds is 3. The Balaban J connectivity index is 2.43. The predicted molar refractivity (Wildman–Crippen MR) is 105 cm³/mol. The van der Waals surface area contributed by atoms with E-state index in [1.165, 1.54) is 10.0 Å². The van der Waals surface area contributed by atoms with Crippen molar-refractivity contribution >= 4 is 23.4 Å². The van der Waals surface area contributed by atoms with Crippen molar-refractivity contribution in [3.05, 3.63) is 70.2 Å². The van der Waals surface area contributed by atoms with E-state index in [9.17, 15) is 9.59 Å². The number of carbonyl (C=O) groups is 2. The van der Waals surface area contributed by atoms with E-state index >= 15 is 0 Å². The topological polar surface area (TPSA) is 40.6 Å². The number of hydrazine groups is 1. The molecule has 26 heavy (non-hydrogen) atoms. The minimum absolute atomic E-state index is 0.204. The molecule has 5 heteroatoms. The molecule has 0 bridgehead atoms. The molecule has 0 aliphatic heterocycles. The molecule has 2 aromatic rings. The molecule has 0 aromatic heterocycles. The van der Waals surface area contributed by atoms with E-state index in [-0.39, 0.29) is 11.8 Å². The van der Waals surface area contributed by atoms with Crippen molar-refractivity contribution in [2.24, 2.45) is 0 Å². The molecule has 138 valence electrons. The maximum atomic E-state index is 13.2. The van der Waals surface area contributed by atoms with Crippen LogP contribution in [0.5, 0.6) is 0 Å². The fraction of sp³-hybridized carbons (Fsp3) is 0.333. The van der Waals surface area contributed by atoms with Crippen LogP contribution < -0.4 is 0 Å². The van der Waals surface area contributed by atoms with Gasteiger partial charge in [-0.3, -0.25) is 9.59 Å². The fourth-order valence-electron chi connectivity index (χ4n) is 2.71. The lowest BCUT2D eigenvalue weighted by Crippen LogP contribution is -2.58. The molecular formula is C21H25ClN2O2. The smallest absolute Gasteiger partial charge is 0.267 e.